The van der Waals surface area contributed by atoms with Crippen LogP contribution in [0.3, 0.4) is 0 Å². The summed E-state index contributed by atoms with van der Waals surface area (Å²) in [5, 5.41) is 6.84. The second-order valence-corrected chi connectivity index (χ2v) is 7.65. The van der Waals surface area contributed by atoms with E-state index in [0.29, 0.717) is 0 Å². The van der Waals surface area contributed by atoms with Crippen LogP contribution in [-0.2, 0) is 6.54 Å². The van der Waals surface area contributed by atoms with Gasteiger partial charge in [0.25, 0.3) is 0 Å². The van der Waals surface area contributed by atoms with Crippen molar-refractivity contribution in [2.24, 2.45) is 0 Å². The van der Waals surface area contributed by atoms with Crippen LogP contribution in [0.4, 0.5) is 4.79 Å². The van der Waals surface area contributed by atoms with Crippen molar-refractivity contribution in [2.75, 3.05) is 39.3 Å². The minimum absolute atomic E-state index is 0.163. The van der Waals surface area contributed by atoms with Gasteiger partial charge in [-0.2, -0.15) is 5.10 Å². The number of amides is 2. The molecule has 0 bridgehead atoms. The van der Waals surface area contributed by atoms with E-state index in [9.17, 15) is 4.79 Å². The molecule has 2 aliphatic rings. The third-order valence-electron chi connectivity index (χ3n) is 5.13. The summed E-state index contributed by atoms with van der Waals surface area (Å²) in [4.78, 5) is 29.0. The highest BCUT2D eigenvalue weighted by Crippen LogP contribution is 2.25. The van der Waals surface area contributed by atoms with Crippen molar-refractivity contribution < 1.29 is 4.79 Å². The van der Waals surface area contributed by atoms with Crippen LogP contribution >= 0.6 is 11.3 Å². The molecule has 9 heteroatoms. The number of likely N-dealkylation sites (tertiary alicyclic amines) is 1. The Morgan fingerprint density at radius 3 is 2.76 bits per heavy atom. The Balaban J connectivity index is 1.28. The largest absolute Gasteiger partial charge is 0.324 e. The van der Waals surface area contributed by atoms with Crippen LogP contribution in [0.25, 0.3) is 0 Å². The van der Waals surface area contributed by atoms with Crippen molar-refractivity contribution in [3.05, 3.63) is 28.2 Å². The van der Waals surface area contributed by atoms with Gasteiger partial charge in [-0.3, -0.25) is 10.00 Å². The Bertz CT molecular complexity index is 708. The zero-order valence-corrected chi connectivity index (χ0v) is 15.2. The zero-order chi connectivity index (χ0) is 17.2. The summed E-state index contributed by atoms with van der Waals surface area (Å²) in [6.45, 7) is 7.95. The van der Waals surface area contributed by atoms with Gasteiger partial charge in [-0.25, -0.2) is 14.8 Å². The van der Waals surface area contributed by atoms with E-state index >= 15 is 0 Å². The molecule has 4 rings (SSSR count). The third kappa shape index (κ3) is 3.52. The summed E-state index contributed by atoms with van der Waals surface area (Å²) in [6, 6.07) is 0.163. The van der Waals surface area contributed by atoms with Gasteiger partial charge in [-0.15, -0.1) is 11.3 Å². The summed E-state index contributed by atoms with van der Waals surface area (Å²) in [5.74, 6) is 1.17. The number of nitrogens with one attached hydrogen (secondary N) is 1. The van der Waals surface area contributed by atoms with Crippen LogP contribution < -0.4 is 0 Å². The van der Waals surface area contributed by atoms with Crippen LogP contribution in [-0.4, -0.2) is 80.2 Å². The van der Waals surface area contributed by atoms with Gasteiger partial charge in [0.1, 0.15) is 12.2 Å². The minimum Gasteiger partial charge on any atom is -0.324 e. The number of hydrogen-bond acceptors (Lipinski definition) is 6. The number of nitrogens with zero attached hydrogens (tertiary/aromatic N) is 6. The second-order valence-electron chi connectivity index (χ2n) is 6.71. The number of urea groups is 1. The van der Waals surface area contributed by atoms with E-state index in [1.54, 1.807) is 11.3 Å². The van der Waals surface area contributed by atoms with E-state index in [1.807, 2.05) is 15.3 Å². The van der Waals surface area contributed by atoms with Gasteiger partial charge in [-0.05, 0) is 13.3 Å². The SMILES string of the molecule is Cc1ncsc1CN1CCN(C(=O)N2CC[C@H](c3ncn[nH]3)C2)CC1. The molecule has 1 N–H and O–H groups in total. The average Bonchev–Trinajstić information content (AvgIpc) is 3.37. The molecule has 0 saturated carbocycles. The van der Waals surface area contributed by atoms with Crippen LogP contribution in [0.2, 0.25) is 0 Å². The highest BCUT2D eigenvalue weighted by molar-refractivity contribution is 7.09. The molecule has 2 aromatic rings. The molecular weight excluding hydrogens is 338 g/mol. The first kappa shape index (κ1) is 16.5. The van der Waals surface area contributed by atoms with Gasteiger partial charge in [0.05, 0.1) is 11.2 Å². The van der Waals surface area contributed by atoms with Crippen molar-refractivity contribution in [2.45, 2.75) is 25.8 Å². The lowest BCUT2D eigenvalue weighted by atomic mass is 10.1. The fourth-order valence-electron chi connectivity index (χ4n) is 3.55. The van der Waals surface area contributed by atoms with Crippen molar-refractivity contribution in [1.29, 1.82) is 0 Å². The summed E-state index contributed by atoms with van der Waals surface area (Å²) < 4.78 is 0. The van der Waals surface area contributed by atoms with Gasteiger partial charge in [0.2, 0.25) is 0 Å². The molecule has 134 valence electrons. The molecule has 2 aliphatic heterocycles. The molecule has 4 heterocycles. The van der Waals surface area contributed by atoms with Crippen molar-refractivity contribution in [3.63, 3.8) is 0 Å². The number of thiazole rings is 1. The van der Waals surface area contributed by atoms with Gasteiger partial charge in [0.15, 0.2) is 0 Å². The highest BCUT2D eigenvalue weighted by atomic mass is 32.1. The number of piperazine rings is 1. The Morgan fingerprint density at radius 2 is 2.08 bits per heavy atom. The summed E-state index contributed by atoms with van der Waals surface area (Å²) in [6.07, 6.45) is 2.48. The Hall–Kier alpha value is -2.00. The molecule has 8 nitrogen and oxygen atoms in total. The topological polar surface area (TPSA) is 81.2 Å². The molecule has 0 radical (unpaired) electrons. The predicted molar refractivity (Wildman–Crippen MR) is 94.4 cm³/mol. The number of aromatic amines is 1. The van der Waals surface area contributed by atoms with Crippen molar-refractivity contribution in [1.82, 2.24) is 34.9 Å². The molecule has 25 heavy (non-hydrogen) atoms. The fourth-order valence-corrected chi connectivity index (χ4v) is 4.37. The molecule has 2 aromatic heterocycles. The lowest BCUT2D eigenvalue weighted by molar-refractivity contribution is 0.115. The number of aromatic nitrogens is 4. The van der Waals surface area contributed by atoms with E-state index < -0.39 is 0 Å². The highest BCUT2D eigenvalue weighted by Gasteiger charge is 2.32. The third-order valence-corrected chi connectivity index (χ3v) is 6.05. The normalized spacial score (nSPS) is 21.9. The van der Waals surface area contributed by atoms with Gasteiger partial charge >= 0.3 is 6.03 Å². The van der Waals surface area contributed by atoms with Crippen molar-refractivity contribution in [3.8, 4) is 0 Å². The first-order valence-corrected chi connectivity index (χ1v) is 9.59. The molecule has 0 spiro atoms. The number of carbonyl (C=O) groups is 1. The molecule has 0 aliphatic carbocycles. The predicted octanol–water partition coefficient (Wildman–Crippen LogP) is 1.30. The Labute approximate surface area is 150 Å². The van der Waals surface area contributed by atoms with Gasteiger partial charge < -0.3 is 9.80 Å². The summed E-state index contributed by atoms with van der Waals surface area (Å²) in [5.41, 5.74) is 3.03. The number of carbonyl (C=O) groups excluding carboxylic acids is 1. The smallest absolute Gasteiger partial charge is 0.320 e. The first-order valence-electron chi connectivity index (χ1n) is 8.71. The summed E-state index contributed by atoms with van der Waals surface area (Å²) >= 11 is 1.71. The number of aryl methyl sites for hydroxylation is 1. The van der Waals surface area contributed by atoms with E-state index in [-0.39, 0.29) is 11.9 Å². The Kier molecular flexibility index (Phi) is 4.67. The average molecular weight is 361 g/mol. The molecular formula is C16H23N7OS. The van der Waals surface area contributed by atoms with E-state index in [1.165, 1.54) is 11.2 Å². The van der Waals surface area contributed by atoms with Crippen LogP contribution in [0.1, 0.15) is 28.7 Å². The standard InChI is InChI=1S/C16H23N7OS/c1-12-14(25-11-18-12)9-21-4-6-22(7-5-21)16(24)23-3-2-13(8-23)15-17-10-19-20-15/h10-11,13H,2-9H2,1H3,(H,17,19,20)/t13-/m0/s1. The van der Waals surface area contributed by atoms with Crippen molar-refractivity contribution >= 4 is 17.4 Å². The number of H-pyrrole nitrogens is 1. The maximum Gasteiger partial charge on any atom is 0.320 e. The Morgan fingerprint density at radius 1 is 1.24 bits per heavy atom. The lowest BCUT2D eigenvalue weighted by Crippen LogP contribution is -2.52. The number of rotatable bonds is 3. The fraction of sp³-hybridized carbons (Fsp3) is 0.625. The molecule has 0 unspecified atom stereocenters. The molecule has 2 amide bonds. The molecule has 2 saturated heterocycles. The maximum absolute atomic E-state index is 12.8. The second kappa shape index (κ2) is 7.09. The first-order chi connectivity index (χ1) is 12.2. The molecule has 0 aromatic carbocycles. The van der Waals surface area contributed by atoms with E-state index in [0.717, 1.165) is 63.8 Å². The van der Waals surface area contributed by atoms with E-state index in [2.05, 4.69) is 32.0 Å². The molecule has 1 atom stereocenters. The van der Waals surface area contributed by atoms with Gasteiger partial charge in [0, 0.05) is 56.6 Å². The van der Waals surface area contributed by atoms with Crippen LogP contribution in [0.5, 0.6) is 0 Å². The van der Waals surface area contributed by atoms with Gasteiger partial charge in [-0.1, -0.05) is 0 Å². The summed E-state index contributed by atoms with van der Waals surface area (Å²) in [7, 11) is 0. The quantitative estimate of drug-likeness (QED) is 0.891. The number of hydrogen-bond donors (Lipinski definition) is 1. The minimum atomic E-state index is 0.163. The maximum atomic E-state index is 12.8. The lowest BCUT2D eigenvalue weighted by Gasteiger charge is -2.36. The molecule has 2 fully saturated rings. The zero-order valence-electron chi connectivity index (χ0n) is 14.4. The van der Waals surface area contributed by atoms with E-state index in [4.69, 9.17) is 0 Å². The monoisotopic (exact) mass is 361 g/mol. The van der Waals surface area contributed by atoms with Crippen LogP contribution in [0, 0.1) is 6.92 Å². The van der Waals surface area contributed by atoms with Crippen LogP contribution in [0.15, 0.2) is 11.8 Å².